The first-order valence-corrected chi connectivity index (χ1v) is 7.28. The maximum absolute atomic E-state index is 12.2. The van der Waals surface area contributed by atoms with Gasteiger partial charge in [-0.3, -0.25) is 9.59 Å². The fraction of sp³-hybridized carbons (Fsp3) is 0.467. The Morgan fingerprint density at radius 3 is 3.14 bits per heavy atom. The number of rotatable bonds is 3. The molecule has 1 fully saturated rings. The molecule has 3 rings (SSSR count). The Balaban J connectivity index is 1.61. The average Bonchev–Trinajstić information content (AvgIpc) is 2.53. The second-order valence-corrected chi connectivity index (χ2v) is 5.47. The first kappa shape index (κ1) is 13.9. The molecule has 1 aromatic rings. The van der Waals surface area contributed by atoms with Crippen LogP contribution < -0.4 is 20.7 Å². The molecule has 0 bridgehead atoms. The van der Waals surface area contributed by atoms with E-state index in [2.05, 4.69) is 16.0 Å². The highest BCUT2D eigenvalue weighted by atomic mass is 16.5. The predicted molar refractivity (Wildman–Crippen MR) is 78.5 cm³/mol. The Morgan fingerprint density at radius 1 is 1.43 bits per heavy atom. The van der Waals surface area contributed by atoms with Crippen LogP contribution in [0.5, 0.6) is 5.75 Å². The molecule has 0 radical (unpaired) electrons. The largest absolute Gasteiger partial charge is 0.482 e. The third-order valence-corrected chi connectivity index (χ3v) is 3.82. The van der Waals surface area contributed by atoms with Crippen molar-refractivity contribution in [2.45, 2.75) is 12.8 Å². The van der Waals surface area contributed by atoms with Crippen LogP contribution in [0.15, 0.2) is 18.2 Å². The molecule has 3 N–H and O–H groups in total. The van der Waals surface area contributed by atoms with Crippen molar-refractivity contribution in [2.24, 2.45) is 5.92 Å². The summed E-state index contributed by atoms with van der Waals surface area (Å²) in [5.41, 5.74) is 1.08. The predicted octanol–water partition coefficient (Wildman–Crippen LogP) is 0.747. The Bertz CT molecular complexity index is 553. The lowest BCUT2D eigenvalue weighted by Gasteiger charge is -2.23. The molecule has 2 amide bonds. The van der Waals surface area contributed by atoms with E-state index in [-0.39, 0.29) is 18.4 Å². The quantitative estimate of drug-likeness (QED) is 0.767. The minimum absolute atomic E-state index is 0.0211. The summed E-state index contributed by atoms with van der Waals surface area (Å²) < 4.78 is 5.27. The molecule has 21 heavy (non-hydrogen) atoms. The SMILES string of the molecule is O=C1COc2ccc(C(=O)NCC3CCCNC3)cc2N1. The summed E-state index contributed by atoms with van der Waals surface area (Å²) in [6, 6.07) is 5.08. The second kappa shape index (κ2) is 6.13. The van der Waals surface area contributed by atoms with Crippen LogP contribution in [-0.4, -0.2) is 38.1 Å². The molecular formula is C15H19N3O3. The van der Waals surface area contributed by atoms with Gasteiger partial charge in [0, 0.05) is 12.1 Å². The molecule has 6 nitrogen and oxygen atoms in total. The maximum atomic E-state index is 12.2. The van der Waals surface area contributed by atoms with Crippen molar-refractivity contribution in [1.82, 2.24) is 10.6 Å². The van der Waals surface area contributed by atoms with Crippen LogP contribution in [0.2, 0.25) is 0 Å². The molecule has 0 saturated carbocycles. The molecule has 2 aliphatic heterocycles. The molecule has 6 heteroatoms. The summed E-state index contributed by atoms with van der Waals surface area (Å²) in [6.07, 6.45) is 2.30. The van der Waals surface area contributed by atoms with Crippen LogP contribution in [0, 0.1) is 5.92 Å². The number of hydrogen-bond donors (Lipinski definition) is 3. The number of anilines is 1. The minimum atomic E-state index is -0.201. The number of carbonyl (C=O) groups is 2. The topological polar surface area (TPSA) is 79.5 Å². The number of ether oxygens (including phenoxy) is 1. The smallest absolute Gasteiger partial charge is 0.262 e. The number of piperidine rings is 1. The Labute approximate surface area is 123 Å². The van der Waals surface area contributed by atoms with E-state index in [1.807, 2.05) is 0 Å². The van der Waals surface area contributed by atoms with Gasteiger partial charge >= 0.3 is 0 Å². The summed E-state index contributed by atoms with van der Waals surface area (Å²) >= 11 is 0. The van der Waals surface area contributed by atoms with Gasteiger partial charge in [0.1, 0.15) is 5.75 Å². The molecule has 2 heterocycles. The number of fused-ring (bicyclic) bond motifs is 1. The third kappa shape index (κ3) is 3.33. The van der Waals surface area contributed by atoms with Gasteiger partial charge in [0.2, 0.25) is 0 Å². The van der Waals surface area contributed by atoms with Crippen LogP contribution >= 0.6 is 0 Å². The van der Waals surface area contributed by atoms with Crippen LogP contribution in [-0.2, 0) is 4.79 Å². The van der Waals surface area contributed by atoms with Gasteiger partial charge in [-0.25, -0.2) is 0 Å². The van der Waals surface area contributed by atoms with E-state index >= 15 is 0 Å². The second-order valence-electron chi connectivity index (χ2n) is 5.47. The van der Waals surface area contributed by atoms with Crippen molar-refractivity contribution in [1.29, 1.82) is 0 Å². The lowest BCUT2D eigenvalue weighted by atomic mass is 9.99. The van der Waals surface area contributed by atoms with Gasteiger partial charge < -0.3 is 20.7 Å². The minimum Gasteiger partial charge on any atom is -0.482 e. The van der Waals surface area contributed by atoms with Gasteiger partial charge in [-0.2, -0.15) is 0 Å². The highest BCUT2D eigenvalue weighted by molar-refractivity contribution is 5.99. The molecule has 1 unspecified atom stereocenters. The van der Waals surface area contributed by atoms with Crippen LogP contribution in [0.3, 0.4) is 0 Å². The molecule has 0 spiro atoms. The van der Waals surface area contributed by atoms with E-state index < -0.39 is 0 Å². The summed E-state index contributed by atoms with van der Waals surface area (Å²) in [4.78, 5) is 23.5. The fourth-order valence-electron chi connectivity index (χ4n) is 2.66. The monoisotopic (exact) mass is 289 g/mol. The highest BCUT2D eigenvalue weighted by Crippen LogP contribution is 2.28. The number of benzene rings is 1. The zero-order valence-corrected chi connectivity index (χ0v) is 11.8. The zero-order valence-electron chi connectivity index (χ0n) is 11.8. The van der Waals surface area contributed by atoms with Crippen molar-refractivity contribution in [3.05, 3.63) is 23.8 Å². The van der Waals surface area contributed by atoms with E-state index in [0.29, 0.717) is 29.5 Å². The standard InChI is InChI=1S/C15H19N3O3/c19-14-9-21-13-4-3-11(6-12(13)18-14)15(20)17-8-10-2-1-5-16-7-10/h3-4,6,10,16H,1-2,5,7-9H2,(H,17,20)(H,18,19). The van der Waals surface area contributed by atoms with Crippen LogP contribution in [0.4, 0.5) is 5.69 Å². The van der Waals surface area contributed by atoms with Gasteiger partial charge in [0.15, 0.2) is 6.61 Å². The highest BCUT2D eigenvalue weighted by Gasteiger charge is 2.19. The summed E-state index contributed by atoms with van der Waals surface area (Å²) in [7, 11) is 0. The molecule has 1 saturated heterocycles. The van der Waals surface area contributed by atoms with E-state index in [0.717, 1.165) is 25.9 Å². The molecule has 1 aromatic carbocycles. The molecule has 112 valence electrons. The number of nitrogens with one attached hydrogen (secondary N) is 3. The van der Waals surface area contributed by atoms with Crippen molar-refractivity contribution in [3.8, 4) is 5.75 Å². The Kier molecular flexibility index (Phi) is 4.06. The number of carbonyl (C=O) groups excluding carboxylic acids is 2. The first-order chi connectivity index (χ1) is 10.2. The van der Waals surface area contributed by atoms with Crippen LogP contribution in [0.1, 0.15) is 23.2 Å². The van der Waals surface area contributed by atoms with E-state index in [1.54, 1.807) is 18.2 Å². The molecular weight excluding hydrogens is 270 g/mol. The van der Waals surface area contributed by atoms with Crippen molar-refractivity contribution in [2.75, 3.05) is 31.6 Å². The van der Waals surface area contributed by atoms with E-state index in [1.165, 1.54) is 0 Å². The van der Waals surface area contributed by atoms with E-state index in [9.17, 15) is 9.59 Å². The van der Waals surface area contributed by atoms with Gasteiger partial charge in [-0.1, -0.05) is 0 Å². The number of hydrogen-bond acceptors (Lipinski definition) is 4. The molecule has 1 atom stereocenters. The lowest BCUT2D eigenvalue weighted by molar-refractivity contribution is -0.118. The first-order valence-electron chi connectivity index (χ1n) is 7.28. The molecule has 0 aromatic heterocycles. The number of amides is 2. The van der Waals surface area contributed by atoms with Gasteiger partial charge in [-0.05, 0) is 50.0 Å². The third-order valence-electron chi connectivity index (χ3n) is 3.82. The van der Waals surface area contributed by atoms with Crippen molar-refractivity contribution in [3.63, 3.8) is 0 Å². The average molecular weight is 289 g/mol. The van der Waals surface area contributed by atoms with Crippen molar-refractivity contribution < 1.29 is 14.3 Å². The van der Waals surface area contributed by atoms with Gasteiger partial charge in [0.25, 0.3) is 11.8 Å². The molecule has 2 aliphatic rings. The Hall–Kier alpha value is -2.08. The Morgan fingerprint density at radius 2 is 2.33 bits per heavy atom. The normalized spacial score (nSPS) is 21.0. The zero-order chi connectivity index (χ0) is 14.7. The molecule has 0 aliphatic carbocycles. The fourth-order valence-corrected chi connectivity index (χ4v) is 2.66. The van der Waals surface area contributed by atoms with Gasteiger partial charge in [-0.15, -0.1) is 0 Å². The van der Waals surface area contributed by atoms with Crippen molar-refractivity contribution >= 4 is 17.5 Å². The maximum Gasteiger partial charge on any atom is 0.262 e. The summed E-state index contributed by atoms with van der Waals surface area (Å²) in [5.74, 6) is 0.766. The van der Waals surface area contributed by atoms with Gasteiger partial charge in [0.05, 0.1) is 5.69 Å². The summed E-state index contributed by atoms with van der Waals surface area (Å²) in [6.45, 7) is 2.71. The van der Waals surface area contributed by atoms with E-state index in [4.69, 9.17) is 4.74 Å². The van der Waals surface area contributed by atoms with Crippen LogP contribution in [0.25, 0.3) is 0 Å². The lowest BCUT2D eigenvalue weighted by Crippen LogP contribution is -2.38. The summed E-state index contributed by atoms with van der Waals surface area (Å²) in [5, 5.41) is 8.99.